The monoisotopic (exact) mass is 243 g/mol. The van der Waals surface area contributed by atoms with Gasteiger partial charge in [-0.2, -0.15) is 0 Å². The van der Waals surface area contributed by atoms with Crippen molar-refractivity contribution in [1.82, 2.24) is 5.32 Å². The van der Waals surface area contributed by atoms with E-state index in [1.54, 1.807) is 0 Å². The molecule has 0 aromatic carbocycles. The molecule has 4 nitrogen and oxygen atoms in total. The standard InChI is InChI=1S/C13H25NO3/c1-2-14-11(10-13-16-8-9-17-13)5-6-12-4-3-7-15-12/h11-14H,2-10H2,1H3. The van der Waals surface area contributed by atoms with E-state index in [1.165, 1.54) is 12.8 Å². The average Bonchev–Trinajstić information content (AvgIpc) is 2.99. The quantitative estimate of drug-likeness (QED) is 0.738. The van der Waals surface area contributed by atoms with Crippen LogP contribution < -0.4 is 5.32 Å². The van der Waals surface area contributed by atoms with E-state index < -0.39 is 0 Å². The molecule has 2 aliphatic rings. The number of nitrogens with one attached hydrogen (secondary N) is 1. The van der Waals surface area contributed by atoms with Gasteiger partial charge in [0, 0.05) is 19.1 Å². The van der Waals surface area contributed by atoms with Crippen molar-refractivity contribution in [2.45, 2.75) is 57.5 Å². The SMILES string of the molecule is CCNC(CCC1CCCO1)CC1OCCO1. The van der Waals surface area contributed by atoms with E-state index >= 15 is 0 Å². The molecule has 4 heteroatoms. The summed E-state index contributed by atoms with van der Waals surface area (Å²) in [5, 5.41) is 3.52. The predicted octanol–water partition coefficient (Wildman–Crippen LogP) is 1.69. The van der Waals surface area contributed by atoms with Crippen LogP contribution in [0.2, 0.25) is 0 Å². The van der Waals surface area contributed by atoms with E-state index in [4.69, 9.17) is 14.2 Å². The summed E-state index contributed by atoms with van der Waals surface area (Å²) < 4.78 is 16.7. The van der Waals surface area contributed by atoms with Gasteiger partial charge in [-0.1, -0.05) is 6.92 Å². The molecule has 2 saturated heterocycles. The van der Waals surface area contributed by atoms with Gasteiger partial charge in [-0.25, -0.2) is 0 Å². The van der Waals surface area contributed by atoms with Crippen LogP contribution in [-0.4, -0.2) is 44.8 Å². The minimum Gasteiger partial charge on any atom is -0.378 e. The molecule has 0 aromatic rings. The minimum absolute atomic E-state index is 0.00328. The molecule has 0 amide bonds. The zero-order valence-corrected chi connectivity index (χ0v) is 10.8. The normalized spacial score (nSPS) is 27.7. The van der Waals surface area contributed by atoms with Crippen LogP contribution in [0.25, 0.3) is 0 Å². The fourth-order valence-electron chi connectivity index (χ4n) is 2.63. The smallest absolute Gasteiger partial charge is 0.159 e. The summed E-state index contributed by atoms with van der Waals surface area (Å²) in [6, 6.07) is 0.493. The molecule has 0 aliphatic carbocycles. The van der Waals surface area contributed by atoms with Crippen molar-refractivity contribution in [3.8, 4) is 0 Å². The molecule has 0 spiro atoms. The van der Waals surface area contributed by atoms with E-state index in [1.807, 2.05) is 0 Å². The van der Waals surface area contributed by atoms with Crippen molar-refractivity contribution < 1.29 is 14.2 Å². The summed E-state index contributed by atoms with van der Waals surface area (Å²) in [4.78, 5) is 0. The third-order valence-electron chi connectivity index (χ3n) is 3.52. The van der Waals surface area contributed by atoms with Crippen LogP contribution in [0.4, 0.5) is 0 Å². The highest BCUT2D eigenvalue weighted by atomic mass is 16.7. The van der Waals surface area contributed by atoms with Gasteiger partial charge in [0.05, 0.1) is 19.3 Å². The minimum atomic E-state index is 0.00328. The Labute approximate surface area is 104 Å². The van der Waals surface area contributed by atoms with E-state index in [2.05, 4.69) is 12.2 Å². The van der Waals surface area contributed by atoms with Gasteiger partial charge in [-0.05, 0) is 32.2 Å². The van der Waals surface area contributed by atoms with Gasteiger partial charge in [-0.3, -0.25) is 0 Å². The Morgan fingerprint density at radius 2 is 2.00 bits per heavy atom. The Balaban J connectivity index is 1.67. The number of ether oxygens (including phenoxy) is 3. The van der Waals surface area contributed by atoms with Gasteiger partial charge in [0.1, 0.15) is 0 Å². The van der Waals surface area contributed by atoms with Crippen molar-refractivity contribution in [3.05, 3.63) is 0 Å². The fourth-order valence-corrected chi connectivity index (χ4v) is 2.63. The van der Waals surface area contributed by atoms with Gasteiger partial charge < -0.3 is 19.5 Å². The second-order valence-corrected chi connectivity index (χ2v) is 4.87. The molecule has 0 radical (unpaired) electrons. The lowest BCUT2D eigenvalue weighted by Crippen LogP contribution is -2.33. The zero-order chi connectivity index (χ0) is 11.9. The summed E-state index contributed by atoms with van der Waals surface area (Å²) in [5.74, 6) is 0. The van der Waals surface area contributed by atoms with E-state index in [0.717, 1.165) is 45.6 Å². The van der Waals surface area contributed by atoms with Crippen molar-refractivity contribution in [1.29, 1.82) is 0 Å². The molecule has 2 heterocycles. The zero-order valence-electron chi connectivity index (χ0n) is 10.8. The maximum atomic E-state index is 5.66. The molecule has 17 heavy (non-hydrogen) atoms. The largest absolute Gasteiger partial charge is 0.378 e. The van der Waals surface area contributed by atoms with Crippen LogP contribution in [0, 0.1) is 0 Å². The van der Waals surface area contributed by atoms with E-state index in [-0.39, 0.29) is 6.29 Å². The highest BCUT2D eigenvalue weighted by Crippen LogP contribution is 2.20. The molecular formula is C13H25NO3. The Hall–Kier alpha value is -0.160. The van der Waals surface area contributed by atoms with Crippen LogP contribution in [-0.2, 0) is 14.2 Å². The second kappa shape index (κ2) is 7.31. The topological polar surface area (TPSA) is 39.7 Å². The first-order valence-corrected chi connectivity index (χ1v) is 6.96. The Kier molecular flexibility index (Phi) is 5.71. The maximum Gasteiger partial charge on any atom is 0.159 e. The Bertz CT molecular complexity index is 201. The summed E-state index contributed by atoms with van der Waals surface area (Å²) in [6.07, 6.45) is 6.22. The molecule has 2 rings (SSSR count). The van der Waals surface area contributed by atoms with Crippen LogP contribution in [0.15, 0.2) is 0 Å². The molecule has 0 aromatic heterocycles. The molecule has 0 bridgehead atoms. The van der Waals surface area contributed by atoms with Gasteiger partial charge >= 0.3 is 0 Å². The third-order valence-corrected chi connectivity index (χ3v) is 3.52. The van der Waals surface area contributed by atoms with Crippen molar-refractivity contribution in [2.75, 3.05) is 26.4 Å². The molecule has 2 aliphatic heterocycles. The van der Waals surface area contributed by atoms with Crippen molar-refractivity contribution >= 4 is 0 Å². The van der Waals surface area contributed by atoms with Crippen LogP contribution >= 0.6 is 0 Å². The van der Waals surface area contributed by atoms with Crippen molar-refractivity contribution in [3.63, 3.8) is 0 Å². The molecule has 2 atom stereocenters. The van der Waals surface area contributed by atoms with Crippen LogP contribution in [0.5, 0.6) is 0 Å². The summed E-state index contributed by atoms with van der Waals surface area (Å²) in [7, 11) is 0. The number of hydrogen-bond acceptors (Lipinski definition) is 4. The number of rotatable bonds is 7. The lowest BCUT2D eigenvalue weighted by atomic mass is 10.0. The summed E-state index contributed by atoms with van der Waals surface area (Å²) >= 11 is 0. The highest BCUT2D eigenvalue weighted by molar-refractivity contribution is 4.73. The summed E-state index contributed by atoms with van der Waals surface area (Å²) in [6.45, 7) is 5.59. The lowest BCUT2D eigenvalue weighted by molar-refractivity contribution is -0.0538. The molecule has 0 saturated carbocycles. The Morgan fingerprint density at radius 3 is 2.65 bits per heavy atom. The molecule has 1 N–H and O–H groups in total. The van der Waals surface area contributed by atoms with Gasteiger partial charge in [0.2, 0.25) is 0 Å². The lowest BCUT2D eigenvalue weighted by Gasteiger charge is -2.22. The third kappa shape index (κ3) is 4.54. The molecule has 100 valence electrons. The number of hydrogen-bond donors (Lipinski definition) is 1. The van der Waals surface area contributed by atoms with Gasteiger partial charge in [0.25, 0.3) is 0 Å². The fraction of sp³-hybridized carbons (Fsp3) is 1.00. The Morgan fingerprint density at radius 1 is 1.18 bits per heavy atom. The maximum absolute atomic E-state index is 5.66. The van der Waals surface area contributed by atoms with Crippen molar-refractivity contribution in [2.24, 2.45) is 0 Å². The molecular weight excluding hydrogens is 218 g/mol. The van der Waals surface area contributed by atoms with Gasteiger partial charge in [0.15, 0.2) is 6.29 Å². The first kappa shape index (κ1) is 13.3. The second-order valence-electron chi connectivity index (χ2n) is 4.87. The predicted molar refractivity (Wildman–Crippen MR) is 66.0 cm³/mol. The van der Waals surface area contributed by atoms with E-state index in [9.17, 15) is 0 Å². The van der Waals surface area contributed by atoms with E-state index in [0.29, 0.717) is 12.1 Å². The van der Waals surface area contributed by atoms with Crippen LogP contribution in [0.3, 0.4) is 0 Å². The first-order valence-electron chi connectivity index (χ1n) is 6.96. The summed E-state index contributed by atoms with van der Waals surface area (Å²) in [5.41, 5.74) is 0. The van der Waals surface area contributed by atoms with Gasteiger partial charge in [-0.15, -0.1) is 0 Å². The highest BCUT2D eigenvalue weighted by Gasteiger charge is 2.23. The molecule has 2 unspecified atom stereocenters. The first-order chi connectivity index (χ1) is 8.38. The molecule has 2 fully saturated rings. The van der Waals surface area contributed by atoms with Crippen LogP contribution in [0.1, 0.15) is 39.0 Å². The average molecular weight is 243 g/mol.